The first-order valence-electron chi connectivity index (χ1n) is 6.33. The van der Waals surface area contributed by atoms with Crippen LogP contribution in [0.1, 0.15) is 28.8 Å². The molecule has 1 aromatic rings. The summed E-state index contributed by atoms with van der Waals surface area (Å²) in [6.45, 7) is 1.50. The second kappa shape index (κ2) is 5.87. The number of aryl methyl sites for hydroxylation is 1. The van der Waals surface area contributed by atoms with Crippen molar-refractivity contribution in [3.63, 3.8) is 0 Å². The van der Waals surface area contributed by atoms with Gasteiger partial charge in [-0.2, -0.15) is 0 Å². The van der Waals surface area contributed by atoms with Crippen LogP contribution in [0.2, 0.25) is 0 Å². The average Bonchev–Trinajstić information content (AvgIpc) is 2.56. The number of nitrogens with zero attached hydrogens (tertiary/aromatic N) is 1. The number of hydrogen-bond donors (Lipinski definition) is 1. The highest BCUT2D eigenvalue weighted by molar-refractivity contribution is 5.96. The molecule has 0 aliphatic carbocycles. The van der Waals surface area contributed by atoms with Crippen LogP contribution in [0.25, 0.3) is 0 Å². The van der Waals surface area contributed by atoms with E-state index >= 15 is 0 Å². The molecule has 1 aromatic carbocycles. The van der Waals surface area contributed by atoms with Gasteiger partial charge in [-0.05, 0) is 37.0 Å². The number of ether oxygens (including phenoxy) is 1. The molecule has 0 aromatic heterocycles. The van der Waals surface area contributed by atoms with Gasteiger partial charge < -0.3 is 14.7 Å². The van der Waals surface area contributed by atoms with E-state index in [0.717, 1.165) is 30.5 Å². The van der Waals surface area contributed by atoms with E-state index in [2.05, 4.69) is 0 Å². The van der Waals surface area contributed by atoms with Gasteiger partial charge in [-0.15, -0.1) is 0 Å². The summed E-state index contributed by atoms with van der Waals surface area (Å²) in [5.74, 6) is 0.765. The van der Waals surface area contributed by atoms with Crippen LogP contribution >= 0.6 is 0 Å². The second-order valence-corrected chi connectivity index (χ2v) is 4.50. The Kier molecular flexibility index (Phi) is 4.20. The summed E-state index contributed by atoms with van der Waals surface area (Å²) >= 11 is 0. The predicted octanol–water partition coefficient (Wildman–Crippen LogP) is 1.47. The van der Waals surface area contributed by atoms with E-state index in [0.29, 0.717) is 18.7 Å². The molecule has 1 N–H and O–H groups in total. The van der Waals surface area contributed by atoms with Crippen LogP contribution in [0.5, 0.6) is 5.75 Å². The number of rotatable bonds is 4. The average molecular weight is 249 g/mol. The molecule has 1 aliphatic rings. The molecule has 0 radical (unpaired) electrons. The van der Waals surface area contributed by atoms with Crippen LogP contribution < -0.4 is 4.74 Å². The van der Waals surface area contributed by atoms with Gasteiger partial charge in [0.2, 0.25) is 0 Å². The zero-order chi connectivity index (χ0) is 13.0. The van der Waals surface area contributed by atoms with Gasteiger partial charge in [0.05, 0.1) is 7.11 Å². The highest BCUT2D eigenvalue weighted by Crippen LogP contribution is 2.23. The Labute approximate surface area is 107 Å². The molecule has 0 fully saturated rings. The number of hydrogen-bond acceptors (Lipinski definition) is 3. The van der Waals surface area contributed by atoms with E-state index in [1.165, 1.54) is 0 Å². The molecule has 0 unspecified atom stereocenters. The lowest BCUT2D eigenvalue weighted by atomic mass is 10.0. The van der Waals surface area contributed by atoms with Crippen molar-refractivity contribution in [2.24, 2.45) is 0 Å². The third-order valence-corrected chi connectivity index (χ3v) is 3.29. The number of amides is 1. The molecule has 4 nitrogen and oxygen atoms in total. The van der Waals surface area contributed by atoms with Crippen molar-refractivity contribution in [1.82, 2.24) is 4.90 Å². The maximum atomic E-state index is 12.4. The van der Waals surface area contributed by atoms with Gasteiger partial charge in [0.25, 0.3) is 5.91 Å². The van der Waals surface area contributed by atoms with Crippen molar-refractivity contribution in [3.05, 3.63) is 29.3 Å². The van der Waals surface area contributed by atoms with Crippen LogP contribution in [0.3, 0.4) is 0 Å². The number of aliphatic hydroxyl groups excluding tert-OH is 1. The van der Waals surface area contributed by atoms with Crippen molar-refractivity contribution < 1.29 is 14.6 Å². The van der Waals surface area contributed by atoms with E-state index in [9.17, 15) is 4.79 Å². The Balaban J connectivity index is 2.26. The Bertz CT molecular complexity index is 429. The number of fused-ring (bicyclic) bond motifs is 1. The summed E-state index contributed by atoms with van der Waals surface area (Å²) < 4.78 is 5.18. The second-order valence-electron chi connectivity index (χ2n) is 4.50. The molecule has 0 saturated heterocycles. The van der Waals surface area contributed by atoms with E-state index in [4.69, 9.17) is 9.84 Å². The topological polar surface area (TPSA) is 49.8 Å². The number of carbonyl (C=O) groups is 1. The fourth-order valence-corrected chi connectivity index (χ4v) is 2.31. The van der Waals surface area contributed by atoms with Crippen LogP contribution in [0.4, 0.5) is 0 Å². The molecule has 1 heterocycles. The highest BCUT2D eigenvalue weighted by Gasteiger charge is 2.22. The van der Waals surface area contributed by atoms with Crippen LogP contribution in [0.15, 0.2) is 18.2 Å². The van der Waals surface area contributed by atoms with Crippen LogP contribution in [0, 0.1) is 0 Å². The summed E-state index contributed by atoms with van der Waals surface area (Å²) in [7, 11) is 1.60. The quantitative estimate of drug-likeness (QED) is 0.879. The minimum atomic E-state index is 0.0508. The zero-order valence-corrected chi connectivity index (χ0v) is 10.7. The molecule has 18 heavy (non-hydrogen) atoms. The molecular formula is C14H19NO3. The SMILES string of the molecule is COc1ccc2c(c1)C(=O)N(CCCO)CCC2. The largest absolute Gasteiger partial charge is 0.497 e. The van der Waals surface area contributed by atoms with Gasteiger partial charge in [0.15, 0.2) is 0 Å². The van der Waals surface area contributed by atoms with Crippen LogP contribution in [-0.4, -0.2) is 42.7 Å². The molecule has 1 aliphatic heterocycles. The van der Waals surface area contributed by atoms with Crippen LogP contribution in [-0.2, 0) is 6.42 Å². The van der Waals surface area contributed by atoms with Gasteiger partial charge in [-0.25, -0.2) is 0 Å². The minimum Gasteiger partial charge on any atom is -0.497 e. The summed E-state index contributed by atoms with van der Waals surface area (Å²) in [5, 5.41) is 8.87. The van der Waals surface area contributed by atoms with Crippen molar-refractivity contribution in [2.45, 2.75) is 19.3 Å². The molecule has 98 valence electrons. The van der Waals surface area contributed by atoms with Crippen molar-refractivity contribution in [2.75, 3.05) is 26.8 Å². The first kappa shape index (κ1) is 12.9. The normalized spacial score (nSPS) is 15.2. The lowest BCUT2D eigenvalue weighted by Crippen LogP contribution is -2.32. The smallest absolute Gasteiger partial charge is 0.254 e. The fourth-order valence-electron chi connectivity index (χ4n) is 2.31. The van der Waals surface area contributed by atoms with E-state index in [1.807, 2.05) is 23.1 Å². The highest BCUT2D eigenvalue weighted by atomic mass is 16.5. The van der Waals surface area contributed by atoms with Gasteiger partial charge in [0, 0.05) is 25.3 Å². The molecule has 2 rings (SSSR count). The Hall–Kier alpha value is -1.55. The molecule has 1 amide bonds. The van der Waals surface area contributed by atoms with E-state index in [1.54, 1.807) is 7.11 Å². The van der Waals surface area contributed by atoms with E-state index in [-0.39, 0.29) is 12.5 Å². The number of aliphatic hydroxyl groups is 1. The monoisotopic (exact) mass is 249 g/mol. The van der Waals surface area contributed by atoms with Crippen molar-refractivity contribution in [3.8, 4) is 5.75 Å². The Morgan fingerprint density at radius 2 is 2.28 bits per heavy atom. The fraction of sp³-hybridized carbons (Fsp3) is 0.500. The van der Waals surface area contributed by atoms with Gasteiger partial charge in [-0.1, -0.05) is 6.07 Å². The van der Waals surface area contributed by atoms with Gasteiger partial charge >= 0.3 is 0 Å². The standard InChI is InChI=1S/C14H19NO3/c1-18-12-6-5-11-4-2-7-15(8-3-9-16)14(17)13(11)10-12/h5-6,10,16H,2-4,7-9H2,1H3. The molecule has 0 saturated carbocycles. The Morgan fingerprint density at radius 1 is 1.44 bits per heavy atom. The molecule has 0 spiro atoms. The molecule has 4 heteroatoms. The maximum absolute atomic E-state index is 12.4. The summed E-state index contributed by atoms with van der Waals surface area (Å²) in [4.78, 5) is 14.2. The van der Waals surface area contributed by atoms with E-state index < -0.39 is 0 Å². The van der Waals surface area contributed by atoms with Crippen molar-refractivity contribution in [1.29, 1.82) is 0 Å². The molecular weight excluding hydrogens is 230 g/mol. The lowest BCUT2D eigenvalue weighted by Gasteiger charge is -2.20. The van der Waals surface area contributed by atoms with Crippen molar-refractivity contribution >= 4 is 5.91 Å². The number of benzene rings is 1. The lowest BCUT2D eigenvalue weighted by molar-refractivity contribution is 0.0750. The maximum Gasteiger partial charge on any atom is 0.254 e. The summed E-state index contributed by atoms with van der Waals surface area (Å²) in [5.41, 5.74) is 1.83. The third kappa shape index (κ3) is 2.64. The zero-order valence-electron chi connectivity index (χ0n) is 10.7. The minimum absolute atomic E-state index is 0.0508. The van der Waals surface area contributed by atoms with Gasteiger partial charge in [-0.3, -0.25) is 4.79 Å². The van der Waals surface area contributed by atoms with Gasteiger partial charge in [0.1, 0.15) is 5.75 Å². The third-order valence-electron chi connectivity index (χ3n) is 3.29. The number of methoxy groups -OCH3 is 1. The predicted molar refractivity (Wildman–Crippen MR) is 68.9 cm³/mol. The first-order valence-corrected chi connectivity index (χ1v) is 6.33. The Morgan fingerprint density at radius 3 is 3.00 bits per heavy atom. The molecule has 0 bridgehead atoms. The first-order chi connectivity index (χ1) is 8.76. The summed E-state index contributed by atoms with van der Waals surface area (Å²) in [6.07, 6.45) is 2.52. The summed E-state index contributed by atoms with van der Waals surface area (Å²) in [6, 6.07) is 5.69. The number of carbonyl (C=O) groups excluding carboxylic acids is 1. The molecule has 0 atom stereocenters.